The van der Waals surface area contributed by atoms with E-state index in [0.717, 1.165) is 18.2 Å². The monoisotopic (exact) mass is 245 g/mol. The van der Waals surface area contributed by atoms with Crippen LogP contribution in [-0.2, 0) is 9.59 Å². The Kier molecular flexibility index (Phi) is 3.26. The highest BCUT2D eigenvalue weighted by Crippen LogP contribution is 2.47. The van der Waals surface area contributed by atoms with Crippen molar-refractivity contribution >= 4 is 12.2 Å². The van der Waals surface area contributed by atoms with Crippen molar-refractivity contribution in [3.05, 3.63) is 36.5 Å². The summed E-state index contributed by atoms with van der Waals surface area (Å²) in [5.74, 6) is -3.49. The van der Waals surface area contributed by atoms with Crippen LogP contribution in [0.2, 0.25) is 0 Å². The van der Waals surface area contributed by atoms with Crippen molar-refractivity contribution in [1.82, 2.24) is 0 Å². The lowest BCUT2D eigenvalue weighted by Crippen LogP contribution is -2.44. The second-order valence-electron chi connectivity index (χ2n) is 3.64. The summed E-state index contributed by atoms with van der Waals surface area (Å²) in [5, 5.41) is 0. The van der Waals surface area contributed by atoms with Crippen molar-refractivity contribution in [3.63, 3.8) is 0 Å². The van der Waals surface area contributed by atoms with Crippen LogP contribution in [0.25, 0.3) is 0 Å². The number of nitrogens with two attached hydrogens (primary N) is 1. The summed E-state index contributed by atoms with van der Waals surface area (Å²) >= 11 is 0. The molecule has 6 heteroatoms. The maximum atomic E-state index is 12.9. The van der Waals surface area contributed by atoms with Gasteiger partial charge in [0.25, 0.3) is 0 Å². The maximum absolute atomic E-state index is 12.9. The lowest BCUT2D eigenvalue weighted by Gasteiger charge is -2.35. The Bertz CT molecular complexity index is 413. The highest BCUT2D eigenvalue weighted by molar-refractivity contribution is 5.94. The number of primary amides is 1. The van der Waals surface area contributed by atoms with E-state index in [4.69, 9.17) is 5.73 Å². The number of amides is 1. The van der Waals surface area contributed by atoms with E-state index in [9.17, 15) is 22.8 Å². The molecule has 0 aromatic heterocycles. The maximum Gasteiger partial charge on any atom is 0.397 e. The Hall–Kier alpha value is -1.85. The van der Waals surface area contributed by atoms with Gasteiger partial charge in [-0.05, 0) is 0 Å². The van der Waals surface area contributed by atoms with Gasteiger partial charge in [0, 0.05) is 5.57 Å². The molecule has 1 aliphatic carbocycles. The molecule has 0 aromatic rings. The zero-order valence-corrected chi connectivity index (χ0v) is 8.70. The van der Waals surface area contributed by atoms with Gasteiger partial charge in [0.15, 0.2) is 0 Å². The van der Waals surface area contributed by atoms with Crippen molar-refractivity contribution in [1.29, 1.82) is 0 Å². The Morgan fingerprint density at radius 1 is 1.53 bits per heavy atom. The average molecular weight is 245 g/mol. The fraction of sp³-hybridized carbons (Fsp3) is 0.273. The number of carbonyl (C=O) groups excluding carboxylic acids is 2. The van der Waals surface area contributed by atoms with E-state index in [1.807, 2.05) is 0 Å². The molecule has 1 aliphatic rings. The van der Waals surface area contributed by atoms with E-state index in [0.29, 0.717) is 0 Å². The van der Waals surface area contributed by atoms with E-state index < -0.39 is 29.0 Å². The molecule has 1 amide bonds. The second kappa shape index (κ2) is 4.20. The minimum absolute atomic E-state index is 0.116. The number of rotatable bonds is 3. The van der Waals surface area contributed by atoms with Crippen molar-refractivity contribution in [2.24, 2.45) is 17.1 Å². The number of hydrogen-bond acceptors (Lipinski definition) is 2. The zero-order valence-electron chi connectivity index (χ0n) is 8.70. The summed E-state index contributed by atoms with van der Waals surface area (Å²) in [7, 11) is 0. The van der Waals surface area contributed by atoms with Crippen LogP contribution in [0.1, 0.15) is 0 Å². The third-order valence-corrected chi connectivity index (χ3v) is 2.64. The quantitative estimate of drug-likeness (QED) is 0.605. The van der Waals surface area contributed by atoms with Crippen LogP contribution in [0.3, 0.4) is 0 Å². The first-order valence-corrected chi connectivity index (χ1v) is 4.64. The first kappa shape index (κ1) is 13.2. The highest BCUT2D eigenvalue weighted by atomic mass is 19.4. The number of alkyl halides is 3. The van der Waals surface area contributed by atoms with E-state index in [1.54, 1.807) is 0 Å². The van der Waals surface area contributed by atoms with Gasteiger partial charge in [-0.3, -0.25) is 4.79 Å². The zero-order chi connectivity index (χ0) is 13.3. The molecule has 0 radical (unpaired) electrons. The van der Waals surface area contributed by atoms with Crippen LogP contribution in [0.5, 0.6) is 0 Å². The predicted octanol–water partition coefficient (Wildman–Crippen LogP) is 1.52. The molecule has 0 aliphatic heterocycles. The van der Waals surface area contributed by atoms with E-state index in [-0.39, 0.29) is 6.29 Å². The molecular formula is C11H10F3NO2. The number of carbonyl (C=O) groups is 2. The molecule has 0 spiro atoms. The molecular weight excluding hydrogens is 235 g/mol. The SMILES string of the molecule is C=CC1(C=O)C=CC=C(C(N)=O)C1C(F)(F)F. The molecule has 17 heavy (non-hydrogen) atoms. The Balaban J connectivity index is 3.42. The summed E-state index contributed by atoms with van der Waals surface area (Å²) in [6.45, 7) is 3.22. The van der Waals surface area contributed by atoms with Gasteiger partial charge >= 0.3 is 6.18 Å². The first-order chi connectivity index (χ1) is 7.78. The van der Waals surface area contributed by atoms with Gasteiger partial charge in [0.2, 0.25) is 5.91 Å². The number of hydrogen-bond donors (Lipinski definition) is 1. The van der Waals surface area contributed by atoms with E-state index in [1.165, 1.54) is 6.08 Å². The van der Waals surface area contributed by atoms with Crippen LogP contribution in [-0.4, -0.2) is 18.4 Å². The van der Waals surface area contributed by atoms with Crippen LogP contribution < -0.4 is 5.73 Å². The fourth-order valence-electron chi connectivity index (χ4n) is 1.81. The third kappa shape index (κ3) is 2.15. The summed E-state index contributed by atoms with van der Waals surface area (Å²) in [6, 6.07) is 0. The molecule has 0 bridgehead atoms. The van der Waals surface area contributed by atoms with Gasteiger partial charge in [-0.1, -0.05) is 24.3 Å². The molecule has 1 rings (SSSR count). The first-order valence-electron chi connectivity index (χ1n) is 4.64. The van der Waals surface area contributed by atoms with Gasteiger partial charge < -0.3 is 10.5 Å². The molecule has 0 saturated carbocycles. The molecule has 0 heterocycles. The lowest BCUT2D eigenvalue weighted by molar-refractivity contribution is -0.184. The number of halogens is 3. The third-order valence-electron chi connectivity index (χ3n) is 2.64. The summed E-state index contributed by atoms with van der Waals surface area (Å²) < 4.78 is 38.8. The molecule has 0 saturated heterocycles. The standard InChI is InChI=1S/C11H10F3NO2/c1-2-10(6-16)5-3-4-7(9(15)17)8(10)11(12,13)14/h2-6,8H,1H2,(H2,15,17). The van der Waals surface area contributed by atoms with Gasteiger partial charge in [0.05, 0.1) is 5.41 Å². The van der Waals surface area contributed by atoms with Crippen molar-refractivity contribution in [2.45, 2.75) is 6.18 Å². The summed E-state index contributed by atoms with van der Waals surface area (Å²) in [4.78, 5) is 21.9. The predicted molar refractivity (Wildman–Crippen MR) is 54.7 cm³/mol. The van der Waals surface area contributed by atoms with Gasteiger partial charge in [-0.25, -0.2) is 0 Å². The van der Waals surface area contributed by atoms with Crippen molar-refractivity contribution in [3.8, 4) is 0 Å². The minimum Gasteiger partial charge on any atom is -0.366 e. The second-order valence-corrected chi connectivity index (χ2v) is 3.64. The molecule has 3 nitrogen and oxygen atoms in total. The van der Waals surface area contributed by atoms with E-state index in [2.05, 4.69) is 6.58 Å². The van der Waals surface area contributed by atoms with Crippen molar-refractivity contribution in [2.75, 3.05) is 0 Å². The highest BCUT2D eigenvalue weighted by Gasteiger charge is 2.55. The molecule has 2 unspecified atom stereocenters. The molecule has 92 valence electrons. The van der Waals surface area contributed by atoms with Crippen LogP contribution in [0.4, 0.5) is 13.2 Å². The number of allylic oxidation sites excluding steroid dienone is 4. The Labute approximate surface area is 95.5 Å². The fourth-order valence-corrected chi connectivity index (χ4v) is 1.81. The minimum atomic E-state index is -4.76. The van der Waals surface area contributed by atoms with Gasteiger partial charge in [-0.15, -0.1) is 6.58 Å². The van der Waals surface area contributed by atoms with Gasteiger partial charge in [0.1, 0.15) is 12.2 Å². The normalized spacial score (nSPS) is 28.4. The van der Waals surface area contributed by atoms with Crippen LogP contribution in [0, 0.1) is 11.3 Å². The Morgan fingerprint density at radius 2 is 2.12 bits per heavy atom. The van der Waals surface area contributed by atoms with Crippen LogP contribution in [0.15, 0.2) is 36.5 Å². The largest absolute Gasteiger partial charge is 0.397 e. The van der Waals surface area contributed by atoms with Crippen molar-refractivity contribution < 1.29 is 22.8 Å². The Morgan fingerprint density at radius 3 is 2.47 bits per heavy atom. The topological polar surface area (TPSA) is 60.2 Å². The molecule has 0 aromatic carbocycles. The molecule has 2 atom stereocenters. The van der Waals surface area contributed by atoms with Gasteiger partial charge in [-0.2, -0.15) is 13.2 Å². The molecule has 2 N–H and O–H groups in total. The van der Waals surface area contributed by atoms with Crippen LogP contribution >= 0.6 is 0 Å². The summed E-state index contributed by atoms with van der Waals surface area (Å²) in [5.41, 5.74) is 2.27. The van der Waals surface area contributed by atoms with E-state index >= 15 is 0 Å². The lowest BCUT2D eigenvalue weighted by atomic mass is 9.69. The number of aldehydes is 1. The average Bonchev–Trinajstić information content (AvgIpc) is 2.26. The summed E-state index contributed by atoms with van der Waals surface area (Å²) in [6.07, 6.45) is -0.572. The smallest absolute Gasteiger partial charge is 0.366 e. The molecule has 0 fully saturated rings.